The molecule has 2 rings (SSSR count). The summed E-state index contributed by atoms with van der Waals surface area (Å²) in [6.45, 7) is 3.93. The van der Waals surface area contributed by atoms with E-state index >= 15 is 0 Å². The monoisotopic (exact) mass is 253 g/mol. The zero-order valence-corrected chi connectivity index (χ0v) is 11.1. The highest BCUT2D eigenvalue weighted by Crippen LogP contribution is 2.25. The number of rotatable bonds is 4. The van der Waals surface area contributed by atoms with E-state index in [2.05, 4.69) is 10.3 Å². The average molecular weight is 253 g/mol. The molecule has 1 unspecified atom stereocenters. The zero-order valence-electron chi connectivity index (χ0n) is 10.3. The Morgan fingerprint density at radius 1 is 1.53 bits per heavy atom. The van der Waals surface area contributed by atoms with Gasteiger partial charge in [-0.2, -0.15) is 16.7 Å². The Morgan fingerprint density at radius 3 is 3.00 bits per heavy atom. The maximum absolute atomic E-state index is 5.83. The van der Waals surface area contributed by atoms with Crippen LogP contribution in [0.5, 0.6) is 5.88 Å². The van der Waals surface area contributed by atoms with E-state index in [0.717, 1.165) is 11.6 Å². The SMILES string of the molecule is CC(C)Oc1nc(NC2CCSC2)ccc1N. The summed E-state index contributed by atoms with van der Waals surface area (Å²) < 4.78 is 5.57. The molecule has 17 heavy (non-hydrogen) atoms. The van der Waals surface area contributed by atoms with E-state index < -0.39 is 0 Å². The number of ether oxygens (including phenoxy) is 1. The topological polar surface area (TPSA) is 60.2 Å². The van der Waals surface area contributed by atoms with Gasteiger partial charge in [-0.3, -0.25) is 0 Å². The summed E-state index contributed by atoms with van der Waals surface area (Å²) >= 11 is 1.97. The quantitative estimate of drug-likeness (QED) is 0.862. The van der Waals surface area contributed by atoms with Gasteiger partial charge in [0.25, 0.3) is 0 Å². The largest absolute Gasteiger partial charge is 0.473 e. The van der Waals surface area contributed by atoms with Crippen molar-refractivity contribution in [2.24, 2.45) is 0 Å². The Balaban J connectivity index is 2.06. The maximum Gasteiger partial charge on any atom is 0.239 e. The summed E-state index contributed by atoms with van der Waals surface area (Å²) in [7, 11) is 0. The first kappa shape index (κ1) is 12.4. The number of thioether (sulfide) groups is 1. The van der Waals surface area contributed by atoms with Crippen molar-refractivity contribution >= 4 is 23.3 Å². The Morgan fingerprint density at radius 2 is 2.35 bits per heavy atom. The lowest BCUT2D eigenvalue weighted by Crippen LogP contribution is -2.19. The van der Waals surface area contributed by atoms with Gasteiger partial charge in [-0.1, -0.05) is 0 Å². The van der Waals surface area contributed by atoms with Crippen molar-refractivity contribution in [1.82, 2.24) is 4.98 Å². The fraction of sp³-hybridized carbons (Fsp3) is 0.583. The number of hydrogen-bond acceptors (Lipinski definition) is 5. The number of nitrogens with two attached hydrogens (primary N) is 1. The molecule has 0 saturated carbocycles. The molecule has 2 heterocycles. The molecule has 0 amide bonds. The molecule has 1 atom stereocenters. The van der Waals surface area contributed by atoms with Crippen molar-refractivity contribution in [2.75, 3.05) is 22.6 Å². The van der Waals surface area contributed by atoms with Crippen LogP contribution >= 0.6 is 11.8 Å². The highest BCUT2D eigenvalue weighted by molar-refractivity contribution is 7.99. The van der Waals surface area contributed by atoms with E-state index in [-0.39, 0.29) is 6.10 Å². The predicted molar refractivity (Wildman–Crippen MR) is 73.8 cm³/mol. The van der Waals surface area contributed by atoms with Gasteiger partial charge in [0.15, 0.2) is 0 Å². The highest BCUT2D eigenvalue weighted by Gasteiger charge is 2.16. The van der Waals surface area contributed by atoms with Crippen molar-refractivity contribution in [3.8, 4) is 5.88 Å². The van der Waals surface area contributed by atoms with Crippen LogP contribution in [0.3, 0.4) is 0 Å². The van der Waals surface area contributed by atoms with Crippen LogP contribution in [0.25, 0.3) is 0 Å². The second-order valence-corrected chi connectivity index (χ2v) is 5.61. The Kier molecular flexibility index (Phi) is 3.99. The first-order valence-corrected chi connectivity index (χ1v) is 7.08. The van der Waals surface area contributed by atoms with Crippen molar-refractivity contribution in [1.29, 1.82) is 0 Å². The molecule has 0 bridgehead atoms. The van der Waals surface area contributed by atoms with Crippen molar-refractivity contribution in [3.63, 3.8) is 0 Å². The molecule has 0 aromatic carbocycles. The van der Waals surface area contributed by atoms with Crippen LogP contribution in [0.15, 0.2) is 12.1 Å². The van der Waals surface area contributed by atoms with Crippen molar-refractivity contribution < 1.29 is 4.74 Å². The molecule has 0 radical (unpaired) electrons. The second-order valence-electron chi connectivity index (χ2n) is 4.46. The number of anilines is 2. The lowest BCUT2D eigenvalue weighted by molar-refractivity contribution is 0.234. The summed E-state index contributed by atoms with van der Waals surface area (Å²) in [5.41, 5.74) is 6.41. The standard InChI is InChI=1S/C12H19N3OS/c1-8(2)16-12-10(13)3-4-11(15-12)14-9-5-6-17-7-9/h3-4,8-9H,5-7,13H2,1-2H3,(H,14,15). The van der Waals surface area contributed by atoms with E-state index in [1.165, 1.54) is 12.2 Å². The number of pyridine rings is 1. The summed E-state index contributed by atoms with van der Waals surface area (Å²) in [6.07, 6.45) is 1.28. The van der Waals surface area contributed by atoms with E-state index in [0.29, 0.717) is 17.6 Å². The molecule has 1 aliphatic rings. The van der Waals surface area contributed by atoms with Gasteiger partial charge in [0, 0.05) is 11.8 Å². The Hall–Kier alpha value is -1.10. The maximum atomic E-state index is 5.83. The fourth-order valence-corrected chi connectivity index (χ4v) is 2.86. The summed E-state index contributed by atoms with van der Waals surface area (Å²) in [4.78, 5) is 4.41. The molecule has 1 aliphatic heterocycles. The third-order valence-electron chi connectivity index (χ3n) is 2.52. The second kappa shape index (κ2) is 5.49. The van der Waals surface area contributed by atoms with E-state index in [9.17, 15) is 0 Å². The van der Waals surface area contributed by atoms with E-state index in [1.54, 1.807) is 0 Å². The van der Waals surface area contributed by atoms with Gasteiger partial charge in [-0.25, -0.2) is 0 Å². The van der Waals surface area contributed by atoms with Gasteiger partial charge in [0.05, 0.1) is 11.8 Å². The van der Waals surface area contributed by atoms with Gasteiger partial charge in [-0.05, 0) is 38.2 Å². The van der Waals surface area contributed by atoms with Crippen LogP contribution in [0.1, 0.15) is 20.3 Å². The lowest BCUT2D eigenvalue weighted by atomic mass is 10.2. The summed E-state index contributed by atoms with van der Waals surface area (Å²) in [5.74, 6) is 3.74. The lowest BCUT2D eigenvalue weighted by Gasteiger charge is -2.15. The minimum Gasteiger partial charge on any atom is -0.473 e. The first-order valence-electron chi connectivity index (χ1n) is 5.92. The number of hydrogen-bond donors (Lipinski definition) is 2. The normalized spacial score (nSPS) is 19.6. The van der Waals surface area contributed by atoms with E-state index in [4.69, 9.17) is 10.5 Å². The van der Waals surface area contributed by atoms with Crippen molar-refractivity contribution in [3.05, 3.63) is 12.1 Å². The minimum absolute atomic E-state index is 0.0853. The Bertz CT molecular complexity index is 378. The molecule has 0 aliphatic carbocycles. The number of nitrogen functional groups attached to an aromatic ring is 1. The summed E-state index contributed by atoms with van der Waals surface area (Å²) in [6, 6.07) is 4.27. The number of nitrogens with one attached hydrogen (secondary N) is 1. The van der Waals surface area contributed by atoms with Gasteiger partial charge in [0.2, 0.25) is 5.88 Å². The molecule has 4 nitrogen and oxygen atoms in total. The van der Waals surface area contributed by atoms with E-state index in [1.807, 2.05) is 37.7 Å². The number of aromatic nitrogens is 1. The molecule has 3 N–H and O–H groups in total. The molecule has 5 heteroatoms. The third-order valence-corrected chi connectivity index (χ3v) is 3.68. The van der Waals surface area contributed by atoms with Gasteiger partial charge in [-0.15, -0.1) is 0 Å². The molecule has 1 fully saturated rings. The van der Waals surface area contributed by atoms with Crippen LogP contribution in [-0.4, -0.2) is 28.6 Å². The first-order chi connectivity index (χ1) is 8.15. The predicted octanol–water partition coefficient (Wildman–Crippen LogP) is 2.37. The highest BCUT2D eigenvalue weighted by atomic mass is 32.2. The average Bonchev–Trinajstić information content (AvgIpc) is 2.75. The number of nitrogens with zero attached hydrogens (tertiary/aromatic N) is 1. The van der Waals surface area contributed by atoms with Crippen LogP contribution in [-0.2, 0) is 0 Å². The molecular formula is C12H19N3OS. The molecule has 94 valence electrons. The smallest absolute Gasteiger partial charge is 0.239 e. The summed E-state index contributed by atoms with van der Waals surface area (Å²) in [5, 5.41) is 3.41. The molecule has 0 spiro atoms. The minimum atomic E-state index is 0.0853. The van der Waals surface area contributed by atoms with Gasteiger partial charge < -0.3 is 15.8 Å². The van der Waals surface area contributed by atoms with Crippen LogP contribution in [0.2, 0.25) is 0 Å². The Labute approximate surface area is 106 Å². The van der Waals surface area contributed by atoms with Crippen LogP contribution in [0.4, 0.5) is 11.5 Å². The van der Waals surface area contributed by atoms with Crippen molar-refractivity contribution in [2.45, 2.75) is 32.4 Å². The van der Waals surface area contributed by atoms with Crippen LogP contribution < -0.4 is 15.8 Å². The fourth-order valence-electron chi connectivity index (χ4n) is 1.71. The molecule has 1 saturated heterocycles. The van der Waals surface area contributed by atoms with Gasteiger partial charge >= 0.3 is 0 Å². The molecule has 1 aromatic heterocycles. The van der Waals surface area contributed by atoms with Crippen LogP contribution in [0, 0.1) is 0 Å². The zero-order chi connectivity index (χ0) is 12.3. The van der Waals surface area contributed by atoms with Gasteiger partial charge in [0.1, 0.15) is 5.82 Å². The molecular weight excluding hydrogens is 234 g/mol. The molecule has 1 aromatic rings. The third kappa shape index (κ3) is 3.43.